The maximum atomic E-state index is 12.0. The van der Waals surface area contributed by atoms with E-state index in [1.807, 2.05) is 6.07 Å². The number of hydrogen-bond donors (Lipinski definition) is 1. The summed E-state index contributed by atoms with van der Waals surface area (Å²) in [5.74, 6) is 1.10. The third-order valence-corrected chi connectivity index (χ3v) is 4.11. The molecule has 1 saturated heterocycles. The zero-order valence-electron chi connectivity index (χ0n) is 8.85. The lowest BCUT2D eigenvalue weighted by Crippen LogP contribution is -2.15. The lowest BCUT2D eigenvalue weighted by Gasteiger charge is -2.07. The largest absolute Gasteiger partial charge is 0.316 e. The van der Waals surface area contributed by atoms with Crippen LogP contribution in [0.5, 0.6) is 0 Å². The minimum atomic E-state index is -1.09. The molecule has 2 heterocycles. The quantitative estimate of drug-likeness (QED) is 0.836. The first kappa shape index (κ1) is 11.2. The van der Waals surface area contributed by atoms with Crippen LogP contribution in [0.25, 0.3) is 0 Å². The van der Waals surface area contributed by atoms with Gasteiger partial charge in [0.2, 0.25) is 0 Å². The highest BCUT2D eigenvalue weighted by atomic mass is 32.2. The second-order valence-corrected chi connectivity index (χ2v) is 5.31. The van der Waals surface area contributed by atoms with Gasteiger partial charge in [-0.25, -0.2) is 4.98 Å². The molecule has 0 amide bonds. The van der Waals surface area contributed by atoms with Gasteiger partial charge in [-0.1, -0.05) is 0 Å². The molecule has 0 aromatic carbocycles. The van der Waals surface area contributed by atoms with Crippen LogP contribution < -0.4 is 5.32 Å². The molecule has 2 atom stereocenters. The number of rotatable bonds is 3. The van der Waals surface area contributed by atoms with Crippen molar-refractivity contribution in [1.29, 1.82) is 5.26 Å². The Morgan fingerprint density at radius 2 is 2.56 bits per heavy atom. The molecule has 0 aliphatic carbocycles. The van der Waals surface area contributed by atoms with Crippen LogP contribution in [-0.2, 0) is 10.8 Å². The molecule has 1 fully saturated rings. The molecule has 2 unspecified atom stereocenters. The zero-order chi connectivity index (χ0) is 11.4. The van der Waals surface area contributed by atoms with E-state index in [1.54, 1.807) is 18.3 Å². The van der Waals surface area contributed by atoms with Crippen molar-refractivity contribution < 1.29 is 4.21 Å². The summed E-state index contributed by atoms with van der Waals surface area (Å²) in [6, 6.07) is 5.26. The third kappa shape index (κ3) is 2.65. The van der Waals surface area contributed by atoms with E-state index >= 15 is 0 Å². The number of nitriles is 1. The van der Waals surface area contributed by atoms with Gasteiger partial charge in [-0.05, 0) is 37.6 Å². The molecule has 1 aliphatic heterocycles. The third-order valence-electron chi connectivity index (χ3n) is 2.65. The first-order valence-electron chi connectivity index (χ1n) is 5.25. The normalized spacial score (nSPS) is 21.6. The first-order chi connectivity index (χ1) is 7.79. The van der Waals surface area contributed by atoms with Crippen LogP contribution in [0.3, 0.4) is 0 Å². The predicted molar refractivity (Wildman–Crippen MR) is 61.2 cm³/mol. The van der Waals surface area contributed by atoms with E-state index in [4.69, 9.17) is 5.26 Å². The summed E-state index contributed by atoms with van der Waals surface area (Å²) in [6.07, 6.45) is 2.61. The topological polar surface area (TPSA) is 65.8 Å². The summed E-state index contributed by atoms with van der Waals surface area (Å²) in [4.78, 5) is 4.06. The van der Waals surface area contributed by atoms with E-state index < -0.39 is 10.8 Å². The van der Waals surface area contributed by atoms with Crippen LogP contribution in [0.2, 0.25) is 0 Å². The molecule has 5 heteroatoms. The van der Waals surface area contributed by atoms with Gasteiger partial charge in [0, 0.05) is 11.9 Å². The number of pyridine rings is 1. The minimum Gasteiger partial charge on any atom is -0.316 e. The smallest absolute Gasteiger partial charge is 0.128 e. The van der Waals surface area contributed by atoms with E-state index in [-0.39, 0.29) is 0 Å². The van der Waals surface area contributed by atoms with E-state index in [1.165, 1.54) is 0 Å². The molecule has 16 heavy (non-hydrogen) atoms. The molecule has 1 aromatic heterocycles. The number of hydrogen-bond acceptors (Lipinski definition) is 4. The van der Waals surface area contributed by atoms with Crippen molar-refractivity contribution in [2.24, 2.45) is 5.92 Å². The summed E-state index contributed by atoms with van der Waals surface area (Å²) in [5, 5.41) is 12.5. The first-order valence-corrected chi connectivity index (χ1v) is 6.57. The van der Waals surface area contributed by atoms with E-state index in [0.717, 1.165) is 19.5 Å². The Bertz CT molecular complexity index is 435. The fourth-order valence-electron chi connectivity index (χ4n) is 1.76. The van der Waals surface area contributed by atoms with Crippen LogP contribution in [0.4, 0.5) is 0 Å². The molecule has 0 radical (unpaired) electrons. The van der Waals surface area contributed by atoms with Gasteiger partial charge < -0.3 is 5.32 Å². The number of nitrogens with zero attached hydrogens (tertiary/aromatic N) is 2. The Morgan fingerprint density at radius 3 is 3.25 bits per heavy atom. The summed E-state index contributed by atoms with van der Waals surface area (Å²) < 4.78 is 12.0. The fourth-order valence-corrected chi connectivity index (χ4v) is 3.08. The Balaban J connectivity index is 2.05. The number of nitrogens with one attached hydrogen (secondary N) is 1. The van der Waals surface area contributed by atoms with Gasteiger partial charge in [0.15, 0.2) is 0 Å². The van der Waals surface area contributed by atoms with Crippen molar-refractivity contribution in [3.8, 4) is 6.07 Å². The van der Waals surface area contributed by atoms with Crippen molar-refractivity contribution in [1.82, 2.24) is 10.3 Å². The summed E-state index contributed by atoms with van der Waals surface area (Å²) in [5.41, 5.74) is 0.517. The maximum absolute atomic E-state index is 12.0. The lowest BCUT2D eigenvalue weighted by atomic mass is 10.2. The highest BCUT2D eigenvalue weighted by molar-refractivity contribution is 7.84. The molecule has 1 N–H and O–H groups in total. The average Bonchev–Trinajstić information content (AvgIpc) is 2.82. The molecule has 2 rings (SSSR count). The molecule has 0 bridgehead atoms. The number of aromatic nitrogens is 1. The van der Waals surface area contributed by atoms with Gasteiger partial charge in [0.05, 0.1) is 22.4 Å². The van der Waals surface area contributed by atoms with Crippen molar-refractivity contribution >= 4 is 10.8 Å². The fraction of sp³-hybridized carbons (Fsp3) is 0.455. The van der Waals surface area contributed by atoms with Crippen molar-refractivity contribution in [2.75, 3.05) is 18.8 Å². The van der Waals surface area contributed by atoms with E-state index in [2.05, 4.69) is 10.3 Å². The molecule has 1 aliphatic rings. The van der Waals surface area contributed by atoms with Gasteiger partial charge in [0.25, 0.3) is 0 Å². The lowest BCUT2D eigenvalue weighted by molar-refractivity contribution is 0.631. The average molecular weight is 235 g/mol. The summed E-state index contributed by atoms with van der Waals surface area (Å²) >= 11 is 0. The molecule has 1 aromatic rings. The Kier molecular flexibility index (Phi) is 3.65. The SMILES string of the molecule is N#Cc1ccnc(S(=O)CC2CCNC2)c1. The summed E-state index contributed by atoms with van der Waals surface area (Å²) in [6.45, 7) is 1.94. The van der Waals surface area contributed by atoms with Crippen LogP contribution in [0.15, 0.2) is 23.4 Å². The van der Waals surface area contributed by atoms with Gasteiger partial charge in [-0.2, -0.15) is 5.26 Å². The second-order valence-electron chi connectivity index (χ2n) is 3.87. The monoisotopic (exact) mass is 235 g/mol. The molecular weight excluding hydrogens is 222 g/mol. The van der Waals surface area contributed by atoms with Gasteiger partial charge in [-0.15, -0.1) is 0 Å². The molecule has 0 spiro atoms. The maximum Gasteiger partial charge on any atom is 0.128 e. The van der Waals surface area contributed by atoms with Gasteiger partial charge >= 0.3 is 0 Å². The highest BCUT2D eigenvalue weighted by Crippen LogP contribution is 2.13. The molecular formula is C11H13N3OS. The Hall–Kier alpha value is -1.25. The second kappa shape index (κ2) is 5.19. The predicted octanol–water partition coefficient (Wildman–Crippen LogP) is 0.670. The van der Waals surface area contributed by atoms with Gasteiger partial charge in [0.1, 0.15) is 5.03 Å². The van der Waals surface area contributed by atoms with Crippen LogP contribution >= 0.6 is 0 Å². The van der Waals surface area contributed by atoms with Crippen molar-refractivity contribution in [2.45, 2.75) is 11.4 Å². The van der Waals surface area contributed by atoms with Crippen molar-refractivity contribution in [3.63, 3.8) is 0 Å². The van der Waals surface area contributed by atoms with Crippen LogP contribution in [0, 0.1) is 17.2 Å². The van der Waals surface area contributed by atoms with E-state index in [9.17, 15) is 4.21 Å². The Labute approximate surface area is 97.2 Å². The molecule has 4 nitrogen and oxygen atoms in total. The standard InChI is InChI=1S/C11H13N3OS/c12-6-9-2-4-14-11(5-9)16(15)8-10-1-3-13-7-10/h2,4-5,10,13H,1,3,7-8H2. The zero-order valence-corrected chi connectivity index (χ0v) is 9.67. The van der Waals surface area contributed by atoms with Crippen LogP contribution in [0.1, 0.15) is 12.0 Å². The molecule has 84 valence electrons. The van der Waals surface area contributed by atoms with Gasteiger partial charge in [-0.3, -0.25) is 4.21 Å². The minimum absolute atomic E-state index is 0.466. The van der Waals surface area contributed by atoms with Crippen LogP contribution in [-0.4, -0.2) is 28.0 Å². The van der Waals surface area contributed by atoms with E-state index in [0.29, 0.717) is 22.3 Å². The summed E-state index contributed by atoms with van der Waals surface area (Å²) in [7, 11) is -1.09. The Morgan fingerprint density at radius 1 is 1.69 bits per heavy atom. The van der Waals surface area contributed by atoms with Crippen molar-refractivity contribution in [3.05, 3.63) is 23.9 Å². The molecule has 0 saturated carbocycles. The highest BCUT2D eigenvalue weighted by Gasteiger charge is 2.18.